The van der Waals surface area contributed by atoms with Gasteiger partial charge in [0.25, 0.3) is 5.91 Å². The second kappa shape index (κ2) is 12.6. The van der Waals surface area contributed by atoms with E-state index in [4.69, 9.17) is 4.74 Å². The highest BCUT2D eigenvalue weighted by molar-refractivity contribution is 6.10. The van der Waals surface area contributed by atoms with Crippen molar-refractivity contribution in [2.75, 3.05) is 17.3 Å². The third-order valence-electron chi connectivity index (χ3n) is 8.70. The van der Waals surface area contributed by atoms with E-state index in [0.29, 0.717) is 29.8 Å². The molecular weight excluding hydrogens is 571 g/mol. The fourth-order valence-electron chi connectivity index (χ4n) is 5.93. The van der Waals surface area contributed by atoms with Gasteiger partial charge in [-0.15, -0.1) is 10.2 Å². The molecule has 1 fully saturated rings. The van der Waals surface area contributed by atoms with Crippen LogP contribution in [0, 0.1) is 11.3 Å². The van der Waals surface area contributed by atoms with E-state index < -0.39 is 17.6 Å². The highest BCUT2D eigenvalue weighted by Gasteiger charge is 2.41. The minimum atomic E-state index is -4.61. The molecule has 234 valence electrons. The SMILES string of the molecule is CO[C@H](Cc1cc(N[C@H](C)CC#N)cc(N2Cc3c(cc(CNC4(C)CCC4)cc3C(F)(F)F)C2=O)c1)Cc1nncn1C. The van der Waals surface area contributed by atoms with Crippen LogP contribution in [0.15, 0.2) is 36.7 Å². The Kier molecular flexibility index (Phi) is 9.00. The largest absolute Gasteiger partial charge is 0.416 e. The van der Waals surface area contributed by atoms with Crippen LogP contribution in [0.2, 0.25) is 0 Å². The Bertz CT molecular complexity index is 1560. The van der Waals surface area contributed by atoms with Gasteiger partial charge in [-0.1, -0.05) is 0 Å². The number of halogens is 3. The van der Waals surface area contributed by atoms with Crippen molar-refractivity contribution in [1.29, 1.82) is 5.26 Å². The smallest absolute Gasteiger partial charge is 0.381 e. The minimum absolute atomic E-state index is 0.0177. The molecule has 0 radical (unpaired) electrons. The lowest BCUT2D eigenvalue weighted by atomic mass is 9.78. The summed E-state index contributed by atoms with van der Waals surface area (Å²) in [6.45, 7) is 3.99. The van der Waals surface area contributed by atoms with E-state index in [0.717, 1.165) is 30.7 Å². The molecule has 2 heterocycles. The van der Waals surface area contributed by atoms with Crippen LogP contribution < -0.4 is 15.5 Å². The molecule has 1 aliphatic carbocycles. The first-order valence-corrected chi connectivity index (χ1v) is 14.8. The predicted octanol–water partition coefficient (Wildman–Crippen LogP) is 5.54. The van der Waals surface area contributed by atoms with Crippen molar-refractivity contribution in [1.82, 2.24) is 20.1 Å². The number of methoxy groups -OCH3 is 1. The van der Waals surface area contributed by atoms with Gasteiger partial charge in [-0.05, 0) is 86.6 Å². The van der Waals surface area contributed by atoms with Gasteiger partial charge < -0.3 is 24.8 Å². The maximum absolute atomic E-state index is 14.3. The third-order valence-corrected chi connectivity index (χ3v) is 8.70. The number of nitrogens with one attached hydrogen (secondary N) is 2. The zero-order valence-electron chi connectivity index (χ0n) is 25.5. The van der Waals surface area contributed by atoms with E-state index in [1.807, 2.05) is 30.7 Å². The van der Waals surface area contributed by atoms with Gasteiger partial charge in [-0.25, -0.2) is 0 Å². The fourth-order valence-corrected chi connectivity index (χ4v) is 5.93. The quantitative estimate of drug-likeness (QED) is 0.278. The second-order valence-electron chi connectivity index (χ2n) is 12.2. The van der Waals surface area contributed by atoms with Crippen LogP contribution in [0.1, 0.15) is 78.0 Å². The number of aryl methyl sites for hydroxylation is 1. The summed E-state index contributed by atoms with van der Waals surface area (Å²) in [7, 11) is 3.46. The van der Waals surface area contributed by atoms with Crippen molar-refractivity contribution < 1.29 is 22.7 Å². The number of nitrogens with zero attached hydrogens (tertiary/aromatic N) is 5. The van der Waals surface area contributed by atoms with E-state index in [1.165, 1.54) is 11.0 Å². The van der Waals surface area contributed by atoms with Gasteiger partial charge in [-0.2, -0.15) is 18.4 Å². The summed E-state index contributed by atoms with van der Waals surface area (Å²) in [4.78, 5) is 15.2. The molecule has 2 aliphatic rings. The summed E-state index contributed by atoms with van der Waals surface area (Å²) in [5.74, 6) is 0.271. The standard InChI is InChI=1S/C32H38F3N7O2/c1-20(6-9-36)39-23-10-21(12-25(44-4)16-29-40-38-19-41(29)3)11-24(15-23)42-18-27-26(30(42)43)13-22(14-28(27)32(33,34)35)17-37-31(2)7-5-8-31/h10-11,13-15,19-20,25,37,39H,5-8,12,16-18H2,1-4H3/t20-,25-/m1/s1. The van der Waals surface area contributed by atoms with Crippen molar-refractivity contribution >= 4 is 17.3 Å². The van der Waals surface area contributed by atoms with Gasteiger partial charge in [0.2, 0.25) is 0 Å². The molecule has 12 heteroatoms. The molecule has 0 saturated heterocycles. The number of aromatic nitrogens is 3. The summed E-state index contributed by atoms with van der Waals surface area (Å²) >= 11 is 0. The molecule has 1 aliphatic heterocycles. The number of amides is 1. The molecule has 1 aromatic heterocycles. The number of carbonyl (C=O) groups is 1. The van der Waals surface area contributed by atoms with Crippen LogP contribution in [0.4, 0.5) is 24.5 Å². The van der Waals surface area contributed by atoms with Gasteiger partial charge in [0.1, 0.15) is 12.2 Å². The number of alkyl halides is 3. The van der Waals surface area contributed by atoms with Crippen LogP contribution >= 0.6 is 0 Å². The number of nitriles is 1. The number of ether oxygens (including phenoxy) is 1. The molecule has 2 N–H and O–H groups in total. The van der Waals surface area contributed by atoms with Crippen LogP contribution in [0.25, 0.3) is 0 Å². The van der Waals surface area contributed by atoms with Crippen LogP contribution in [0.3, 0.4) is 0 Å². The Morgan fingerprint density at radius 3 is 2.55 bits per heavy atom. The summed E-state index contributed by atoms with van der Waals surface area (Å²) in [5.41, 5.74) is 1.58. The number of benzene rings is 2. The predicted molar refractivity (Wildman–Crippen MR) is 160 cm³/mol. The maximum atomic E-state index is 14.3. The number of fused-ring (bicyclic) bond motifs is 1. The van der Waals surface area contributed by atoms with E-state index in [2.05, 4.69) is 33.8 Å². The molecule has 9 nitrogen and oxygen atoms in total. The number of hydrogen-bond donors (Lipinski definition) is 2. The normalized spacial score (nSPS) is 17.1. The molecule has 0 unspecified atom stereocenters. The van der Waals surface area contributed by atoms with Gasteiger partial charge in [0.15, 0.2) is 0 Å². The number of anilines is 2. The van der Waals surface area contributed by atoms with E-state index in [9.17, 15) is 23.2 Å². The Morgan fingerprint density at radius 2 is 1.93 bits per heavy atom. The fraction of sp³-hybridized carbons (Fsp3) is 0.500. The molecule has 2 aromatic carbocycles. The molecule has 0 bridgehead atoms. The Labute approximate surface area is 255 Å². The van der Waals surface area contributed by atoms with Crippen molar-refractivity contribution in [3.8, 4) is 6.07 Å². The average molecular weight is 610 g/mol. The van der Waals surface area contributed by atoms with Crippen molar-refractivity contribution in [3.63, 3.8) is 0 Å². The molecule has 0 spiro atoms. The maximum Gasteiger partial charge on any atom is 0.416 e. The molecule has 1 amide bonds. The molecule has 3 aromatic rings. The van der Waals surface area contributed by atoms with Crippen molar-refractivity contribution in [3.05, 3.63) is 70.3 Å². The Morgan fingerprint density at radius 1 is 1.16 bits per heavy atom. The highest BCUT2D eigenvalue weighted by Crippen LogP contribution is 2.40. The van der Waals surface area contributed by atoms with Crippen LogP contribution in [0.5, 0.6) is 0 Å². The minimum Gasteiger partial charge on any atom is -0.381 e. The van der Waals surface area contributed by atoms with E-state index in [-0.39, 0.29) is 48.3 Å². The van der Waals surface area contributed by atoms with Gasteiger partial charge >= 0.3 is 6.18 Å². The molecular formula is C32H38F3N7O2. The average Bonchev–Trinajstić information content (AvgIpc) is 3.51. The highest BCUT2D eigenvalue weighted by atomic mass is 19.4. The summed E-state index contributed by atoms with van der Waals surface area (Å²) in [6, 6.07) is 10.2. The number of carbonyl (C=O) groups excluding carboxylic acids is 1. The number of hydrogen-bond acceptors (Lipinski definition) is 7. The lowest BCUT2D eigenvalue weighted by molar-refractivity contribution is -0.138. The van der Waals surface area contributed by atoms with E-state index >= 15 is 0 Å². The van der Waals surface area contributed by atoms with Crippen molar-refractivity contribution in [2.24, 2.45) is 7.05 Å². The first kappa shape index (κ1) is 31.5. The first-order chi connectivity index (χ1) is 20.9. The summed E-state index contributed by atoms with van der Waals surface area (Å²) in [5, 5.41) is 23.9. The van der Waals surface area contributed by atoms with Gasteiger partial charge in [0, 0.05) is 55.6 Å². The Balaban J connectivity index is 1.47. The zero-order chi connectivity index (χ0) is 31.6. The van der Waals surface area contributed by atoms with Gasteiger partial charge in [0.05, 0.1) is 30.7 Å². The lowest BCUT2D eigenvalue weighted by Crippen LogP contribution is -2.47. The lowest BCUT2D eigenvalue weighted by Gasteiger charge is -2.39. The zero-order valence-corrected chi connectivity index (χ0v) is 25.5. The van der Waals surface area contributed by atoms with E-state index in [1.54, 1.807) is 25.6 Å². The topological polar surface area (TPSA) is 108 Å². The molecule has 44 heavy (non-hydrogen) atoms. The Hall–Kier alpha value is -3.95. The monoisotopic (exact) mass is 609 g/mol. The van der Waals surface area contributed by atoms with Crippen LogP contribution in [-0.2, 0) is 43.9 Å². The molecule has 1 saturated carbocycles. The summed E-state index contributed by atoms with van der Waals surface area (Å²) < 4.78 is 50.6. The van der Waals surface area contributed by atoms with Crippen molar-refractivity contribution in [2.45, 2.75) is 89.3 Å². The van der Waals surface area contributed by atoms with Gasteiger partial charge in [-0.3, -0.25) is 4.79 Å². The molecule has 2 atom stereocenters. The van der Waals surface area contributed by atoms with Crippen LogP contribution in [-0.4, -0.2) is 45.5 Å². The second-order valence-corrected chi connectivity index (χ2v) is 12.2. The first-order valence-electron chi connectivity index (χ1n) is 14.8. The number of rotatable bonds is 12. The third kappa shape index (κ3) is 6.89. The summed E-state index contributed by atoms with van der Waals surface area (Å²) in [6.07, 6.45) is 0.966. The molecule has 5 rings (SSSR count).